The average molecular weight is 296 g/mol. The van der Waals surface area contributed by atoms with E-state index in [0.717, 1.165) is 0 Å². The molecule has 1 heterocycles. The number of halogens is 1. The lowest BCUT2D eigenvalue weighted by molar-refractivity contribution is -0.144. The second-order valence-electron chi connectivity index (χ2n) is 5.41. The molecule has 0 spiro atoms. The number of thiol groups is 1. The Balaban J connectivity index is 2.38. The van der Waals surface area contributed by atoms with E-state index in [1.165, 1.54) is 23.1 Å². The van der Waals surface area contributed by atoms with Crippen LogP contribution in [0.25, 0.3) is 0 Å². The molecule has 1 aliphatic heterocycles. The van der Waals surface area contributed by atoms with Crippen molar-refractivity contribution in [1.82, 2.24) is 9.80 Å². The summed E-state index contributed by atoms with van der Waals surface area (Å²) < 4.78 is 13.8. The maximum atomic E-state index is 13.8. The number of amides is 2. The summed E-state index contributed by atoms with van der Waals surface area (Å²) in [5, 5.41) is 0. The van der Waals surface area contributed by atoms with E-state index in [1.807, 2.05) is 0 Å². The predicted octanol–water partition coefficient (Wildman–Crippen LogP) is 1.81. The lowest BCUT2D eigenvalue weighted by atomic mass is 9.96. The molecule has 0 N–H and O–H groups in total. The third-order valence-electron chi connectivity index (χ3n) is 3.63. The SMILES string of the molecule is CN1CCN(C(=O)c2cc(S)ccc2F)C(C)(C)C1=O. The molecule has 20 heavy (non-hydrogen) atoms. The number of nitrogens with zero attached hydrogens (tertiary/aromatic N) is 2. The summed E-state index contributed by atoms with van der Waals surface area (Å²) in [7, 11) is 1.70. The Labute approximate surface area is 123 Å². The molecule has 4 nitrogen and oxygen atoms in total. The Bertz CT molecular complexity index is 574. The quantitative estimate of drug-likeness (QED) is 0.803. The topological polar surface area (TPSA) is 40.6 Å². The first-order valence-electron chi connectivity index (χ1n) is 6.31. The standard InChI is InChI=1S/C14H17FN2O2S/c1-14(2)13(19)16(3)6-7-17(14)12(18)10-8-9(20)4-5-11(10)15/h4-5,8,20H,6-7H2,1-3H3. The van der Waals surface area contributed by atoms with Crippen LogP contribution in [0.3, 0.4) is 0 Å². The molecule has 1 aromatic rings. The number of piperazine rings is 1. The minimum atomic E-state index is -0.983. The second-order valence-corrected chi connectivity index (χ2v) is 5.92. The van der Waals surface area contributed by atoms with Gasteiger partial charge < -0.3 is 9.80 Å². The van der Waals surface area contributed by atoms with Gasteiger partial charge in [-0.05, 0) is 32.0 Å². The van der Waals surface area contributed by atoms with Crippen molar-refractivity contribution in [1.29, 1.82) is 0 Å². The summed E-state index contributed by atoms with van der Waals surface area (Å²) in [5.41, 5.74) is -1.04. The number of carbonyl (C=O) groups excluding carboxylic acids is 2. The Hall–Kier alpha value is -1.56. The zero-order valence-corrected chi connectivity index (χ0v) is 12.6. The highest BCUT2D eigenvalue weighted by Crippen LogP contribution is 2.25. The van der Waals surface area contributed by atoms with Crippen LogP contribution in [0.4, 0.5) is 4.39 Å². The molecule has 2 rings (SSSR count). The van der Waals surface area contributed by atoms with Gasteiger partial charge in [-0.3, -0.25) is 9.59 Å². The highest BCUT2D eigenvalue weighted by atomic mass is 32.1. The molecule has 108 valence electrons. The second kappa shape index (κ2) is 5.09. The molecule has 0 bridgehead atoms. The fourth-order valence-electron chi connectivity index (χ4n) is 2.39. The van der Waals surface area contributed by atoms with Crippen LogP contribution >= 0.6 is 12.6 Å². The minimum absolute atomic E-state index is 0.0528. The van der Waals surface area contributed by atoms with Crippen molar-refractivity contribution in [2.75, 3.05) is 20.1 Å². The van der Waals surface area contributed by atoms with Crippen LogP contribution in [0.5, 0.6) is 0 Å². The Kier molecular flexibility index (Phi) is 3.77. The molecule has 1 aromatic carbocycles. The van der Waals surface area contributed by atoms with E-state index >= 15 is 0 Å². The maximum Gasteiger partial charge on any atom is 0.257 e. The van der Waals surface area contributed by atoms with Crippen LogP contribution in [0.1, 0.15) is 24.2 Å². The molecule has 1 aliphatic rings. The van der Waals surface area contributed by atoms with Crippen molar-refractivity contribution in [2.45, 2.75) is 24.3 Å². The number of carbonyl (C=O) groups is 2. The first-order valence-corrected chi connectivity index (χ1v) is 6.76. The summed E-state index contributed by atoms with van der Waals surface area (Å²) in [6.07, 6.45) is 0. The van der Waals surface area contributed by atoms with Crippen LogP contribution in [0.2, 0.25) is 0 Å². The van der Waals surface area contributed by atoms with Gasteiger partial charge in [-0.25, -0.2) is 4.39 Å². The molecule has 2 amide bonds. The molecule has 1 fully saturated rings. The molecule has 0 saturated carbocycles. The normalized spacial score (nSPS) is 18.4. The predicted molar refractivity (Wildman–Crippen MR) is 76.4 cm³/mol. The van der Waals surface area contributed by atoms with E-state index in [9.17, 15) is 14.0 Å². The third kappa shape index (κ3) is 2.40. The molecule has 0 atom stereocenters. The van der Waals surface area contributed by atoms with Gasteiger partial charge >= 0.3 is 0 Å². The zero-order chi connectivity index (χ0) is 15.1. The summed E-state index contributed by atoms with van der Waals surface area (Å²) >= 11 is 4.12. The molecule has 1 saturated heterocycles. The highest BCUT2D eigenvalue weighted by molar-refractivity contribution is 7.80. The maximum absolute atomic E-state index is 13.8. The number of likely N-dealkylation sites (N-methyl/N-ethyl adjacent to an activating group) is 1. The molecular formula is C14H17FN2O2S. The van der Waals surface area contributed by atoms with Crippen LogP contribution in [0, 0.1) is 5.82 Å². The summed E-state index contributed by atoms with van der Waals surface area (Å²) in [6.45, 7) is 4.16. The molecule has 0 unspecified atom stereocenters. The number of rotatable bonds is 1. The van der Waals surface area contributed by atoms with Crippen molar-refractivity contribution in [2.24, 2.45) is 0 Å². The average Bonchev–Trinajstić information content (AvgIpc) is 2.38. The van der Waals surface area contributed by atoms with Gasteiger partial charge in [0.2, 0.25) is 5.91 Å². The number of benzene rings is 1. The van der Waals surface area contributed by atoms with E-state index in [-0.39, 0.29) is 11.5 Å². The summed E-state index contributed by atoms with van der Waals surface area (Å²) in [4.78, 5) is 28.2. The van der Waals surface area contributed by atoms with Gasteiger partial charge in [0.1, 0.15) is 11.4 Å². The van der Waals surface area contributed by atoms with Crippen molar-refractivity contribution < 1.29 is 14.0 Å². The van der Waals surface area contributed by atoms with Gasteiger partial charge in [-0.15, -0.1) is 12.6 Å². The number of hydrogen-bond acceptors (Lipinski definition) is 3. The monoisotopic (exact) mass is 296 g/mol. The van der Waals surface area contributed by atoms with E-state index in [0.29, 0.717) is 18.0 Å². The fourth-order valence-corrected chi connectivity index (χ4v) is 2.60. The zero-order valence-electron chi connectivity index (χ0n) is 11.7. The first-order chi connectivity index (χ1) is 9.25. The molecule has 0 aromatic heterocycles. The highest BCUT2D eigenvalue weighted by Gasteiger charge is 2.43. The van der Waals surface area contributed by atoms with Gasteiger partial charge in [-0.1, -0.05) is 0 Å². The van der Waals surface area contributed by atoms with Crippen LogP contribution in [-0.2, 0) is 4.79 Å². The molecule has 6 heteroatoms. The third-order valence-corrected chi connectivity index (χ3v) is 3.91. The van der Waals surface area contributed by atoms with E-state index in [1.54, 1.807) is 25.8 Å². The lowest BCUT2D eigenvalue weighted by Gasteiger charge is -2.44. The van der Waals surface area contributed by atoms with Gasteiger partial charge in [0.05, 0.1) is 5.56 Å². The summed E-state index contributed by atoms with van der Waals surface area (Å²) in [6, 6.07) is 4.08. The molecular weight excluding hydrogens is 279 g/mol. The summed E-state index contributed by atoms with van der Waals surface area (Å²) in [5.74, 6) is -1.24. The van der Waals surface area contributed by atoms with Crippen LogP contribution in [0.15, 0.2) is 23.1 Å². The van der Waals surface area contributed by atoms with Gasteiger partial charge in [0, 0.05) is 25.0 Å². The largest absolute Gasteiger partial charge is 0.342 e. The minimum Gasteiger partial charge on any atom is -0.342 e. The van der Waals surface area contributed by atoms with Crippen LogP contribution < -0.4 is 0 Å². The van der Waals surface area contributed by atoms with E-state index in [2.05, 4.69) is 12.6 Å². The van der Waals surface area contributed by atoms with Crippen molar-refractivity contribution in [3.05, 3.63) is 29.6 Å². The van der Waals surface area contributed by atoms with Crippen molar-refractivity contribution in [3.8, 4) is 0 Å². The first kappa shape index (κ1) is 14.8. The van der Waals surface area contributed by atoms with Gasteiger partial charge in [0.25, 0.3) is 5.91 Å². The van der Waals surface area contributed by atoms with Crippen LogP contribution in [-0.4, -0.2) is 47.3 Å². The van der Waals surface area contributed by atoms with Crippen molar-refractivity contribution in [3.63, 3.8) is 0 Å². The van der Waals surface area contributed by atoms with Gasteiger partial charge in [-0.2, -0.15) is 0 Å². The van der Waals surface area contributed by atoms with Crippen molar-refractivity contribution >= 4 is 24.4 Å². The Morgan fingerprint density at radius 2 is 2.00 bits per heavy atom. The smallest absolute Gasteiger partial charge is 0.257 e. The lowest BCUT2D eigenvalue weighted by Crippen LogP contribution is -2.63. The molecule has 0 aliphatic carbocycles. The molecule has 0 radical (unpaired) electrons. The Morgan fingerprint density at radius 1 is 1.35 bits per heavy atom. The van der Waals surface area contributed by atoms with E-state index in [4.69, 9.17) is 0 Å². The van der Waals surface area contributed by atoms with Gasteiger partial charge in [0.15, 0.2) is 0 Å². The Morgan fingerprint density at radius 3 is 2.65 bits per heavy atom. The van der Waals surface area contributed by atoms with E-state index < -0.39 is 17.3 Å². The number of hydrogen-bond donors (Lipinski definition) is 1. The fraction of sp³-hybridized carbons (Fsp3) is 0.429.